The predicted molar refractivity (Wildman–Crippen MR) is 123 cm³/mol. The number of Topliss-reactive ketones (excluding diaryl/α,β-unsaturated/α-hetero) is 1. The summed E-state index contributed by atoms with van der Waals surface area (Å²) in [4.78, 5) is 46.5. The van der Waals surface area contributed by atoms with E-state index in [0.29, 0.717) is 22.3 Å². The third-order valence-corrected chi connectivity index (χ3v) is 7.32. The zero-order valence-corrected chi connectivity index (χ0v) is 18.2. The summed E-state index contributed by atoms with van der Waals surface area (Å²) < 4.78 is 2.99. The number of aryl methyl sites for hydroxylation is 1. The van der Waals surface area contributed by atoms with Crippen molar-refractivity contribution in [3.8, 4) is 0 Å². The van der Waals surface area contributed by atoms with E-state index in [1.165, 1.54) is 11.6 Å². The number of aromatic amines is 1. The molecule has 0 aliphatic carbocycles. The number of carboxylic acid groups (broad SMARTS) is 1. The summed E-state index contributed by atoms with van der Waals surface area (Å²) in [5, 5.41) is 10.0. The fourth-order valence-corrected chi connectivity index (χ4v) is 5.57. The fraction of sp³-hybridized carbons (Fsp3) is 0.217. The third kappa shape index (κ3) is 3.00. The van der Waals surface area contributed by atoms with Gasteiger partial charge in [-0.1, -0.05) is 37.3 Å². The molecule has 32 heavy (non-hydrogen) atoms. The lowest BCUT2D eigenvalue weighted by atomic mass is 9.95. The lowest BCUT2D eigenvalue weighted by Crippen LogP contribution is -2.40. The molecule has 0 radical (unpaired) electrons. The number of aromatic nitrogens is 3. The molecule has 1 fully saturated rings. The van der Waals surface area contributed by atoms with Crippen molar-refractivity contribution in [3.05, 3.63) is 76.5 Å². The Morgan fingerprint density at radius 2 is 1.81 bits per heavy atom. The van der Waals surface area contributed by atoms with Gasteiger partial charge in [0.1, 0.15) is 17.1 Å². The molecule has 0 spiro atoms. The first-order valence-corrected chi connectivity index (χ1v) is 11.0. The Kier molecular flexibility index (Phi) is 4.78. The molecule has 2 N–H and O–H groups in total. The smallest absolute Gasteiger partial charge is 0.307 e. The maximum absolute atomic E-state index is 13.6. The molecule has 1 aliphatic heterocycles. The van der Waals surface area contributed by atoms with Gasteiger partial charge < -0.3 is 10.1 Å². The number of carbonyl (C=O) groups is 2. The first-order chi connectivity index (χ1) is 15.4. The summed E-state index contributed by atoms with van der Waals surface area (Å²) in [7, 11) is 0. The summed E-state index contributed by atoms with van der Waals surface area (Å²) >= 11 is 1.07. The predicted octanol–water partition coefficient (Wildman–Crippen LogP) is 3.19. The standard InChI is InChI=1S/C23H20N4O4S/c1-12(23(30)31)21-20(28)19(16-11-24-17-9-5-3-7-14(16)17)27(32-21)26-13(2)25-18-10-6-4-8-15(18)22(26)29/h3-12,19,21,24H,1-2H3,(H,30,31). The van der Waals surface area contributed by atoms with E-state index in [2.05, 4.69) is 9.97 Å². The topological polar surface area (TPSA) is 108 Å². The van der Waals surface area contributed by atoms with Crippen LogP contribution in [0.5, 0.6) is 0 Å². The van der Waals surface area contributed by atoms with Crippen LogP contribution in [-0.2, 0) is 9.59 Å². The highest BCUT2D eigenvalue weighted by atomic mass is 32.2. The van der Waals surface area contributed by atoms with E-state index in [1.54, 1.807) is 35.7 Å². The molecule has 8 nitrogen and oxygen atoms in total. The number of nitrogens with zero attached hydrogens (tertiary/aromatic N) is 3. The summed E-state index contributed by atoms with van der Waals surface area (Å²) in [6, 6.07) is 13.8. The van der Waals surface area contributed by atoms with Crippen LogP contribution in [0.4, 0.5) is 0 Å². The summed E-state index contributed by atoms with van der Waals surface area (Å²) in [6.45, 7) is 3.22. The molecular formula is C23H20N4O4S. The van der Waals surface area contributed by atoms with Crippen molar-refractivity contribution in [1.29, 1.82) is 0 Å². The van der Waals surface area contributed by atoms with Crippen molar-refractivity contribution in [3.63, 3.8) is 0 Å². The van der Waals surface area contributed by atoms with Gasteiger partial charge in [-0.15, -0.1) is 0 Å². The van der Waals surface area contributed by atoms with Gasteiger partial charge in [-0.25, -0.2) is 9.40 Å². The highest BCUT2D eigenvalue weighted by Gasteiger charge is 2.48. The Bertz CT molecular complexity index is 1440. The number of benzene rings is 2. The van der Waals surface area contributed by atoms with Gasteiger partial charge in [0.05, 0.1) is 16.8 Å². The molecule has 1 aliphatic rings. The van der Waals surface area contributed by atoms with E-state index < -0.39 is 23.2 Å². The van der Waals surface area contributed by atoms with Gasteiger partial charge in [-0.3, -0.25) is 14.4 Å². The fourth-order valence-electron chi connectivity index (χ4n) is 4.18. The van der Waals surface area contributed by atoms with Crippen LogP contribution in [0.3, 0.4) is 0 Å². The third-order valence-electron chi connectivity index (χ3n) is 5.86. The number of hydrogen-bond donors (Lipinski definition) is 2. The van der Waals surface area contributed by atoms with Crippen LogP contribution in [-0.4, -0.2) is 36.8 Å². The molecule has 0 amide bonds. The van der Waals surface area contributed by atoms with Crippen LogP contribution >= 0.6 is 11.9 Å². The largest absolute Gasteiger partial charge is 0.481 e. The maximum atomic E-state index is 13.6. The van der Waals surface area contributed by atoms with Crippen molar-refractivity contribution < 1.29 is 14.7 Å². The molecule has 1 saturated heterocycles. The highest BCUT2D eigenvalue weighted by Crippen LogP contribution is 2.43. The quantitative estimate of drug-likeness (QED) is 0.462. The molecule has 162 valence electrons. The first-order valence-electron chi connectivity index (χ1n) is 10.2. The molecule has 2 aromatic heterocycles. The average molecular weight is 449 g/mol. The van der Waals surface area contributed by atoms with Crippen LogP contribution in [0.1, 0.15) is 24.4 Å². The zero-order valence-electron chi connectivity index (χ0n) is 17.4. The number of para-hydroxylation sites is 2. The number of carbonyl (C=O) groups excluding carboxylic acids is 1. The summed E-state index contributed by atoms with van der Waals surface area (Å²) in [5.74, 6) is -1.82. The van der Waals surface area contributed by atoms with Crippen molar-refractivity contribution in [2.24, 2.45) is 5.92 Å². The van der Waals surface area contributed by atoms with Gasteiger partial charge in [0.2, 0.25) is 0 Å². The molecule has 3 heterocycles. The number of ketones is 1. The number of carboxylic acids is 1. The zero-order chi connectivity index (χ0) is 22.6. The molecule has 3 unspecified atom stereocenters. The molecule has 3 atom stereocenters. The van der Waals surface area contributed by atoms with E-state index >= 15 is 0 Å². The number of rotatable bonds is 4. The lowest BCUT2D eigenvalue weighted by molar-refractivity contribution is -0.142. The van der Waals surface area contributed by atoms with Crippen LogP contribution in [0.15, 0.2) is 59.5 Å². The van der Waals surface area contributed by atoms with Gasteiger partial charge in [-0.2, -0.15) is 4.68 Å². The van der Waals surface area contributed by atoms with Crippen molar-refractivity contribution in [2.75, 3.05) is 4.41 Å². The Morgan fingerprint density at radius 1 is 1.12 bits per heavy atom. The Hall–Kier alpha value is -3.59. The summed E-state index contributed by atoms with van der Waals surface area (Å²) in [6.07, 6.45) is 1.75. The van der Waals surface area contributed by atoms with Gasteiger partial charge in [0.25, 0.3) is 5.56 Å². The van der Waals surface area contributed by atoms with E-state index in [0.717, 1.165) is 22.9 Å². The number of nitrogens with one attached hydrogen (secondary N) is 1. The molecule has 9 heteroatoms. The van der Waals surface area contributed by atoms with E-state index in [-0.39, 0.29) is 11.3 Å². The van der Waals surface area contributed by atoms with Crippen LogP contribution in [0, 0.1) is 12.8 Å². The van der Waals surface area contributed by atoms with Crippen molar-refractivity contribution in [2.45, 2.75) is 25.1 Å². The minimum absolute atomic E-state index is 0.255. The minimum atomic E-state index is -1.06. The van der Waals surface area contributed by atoms with Gasteiger partial charge in [0, 0.05) is 22.7 Å². The van der Waals surface area contributed by atoms with Crippen LogP contribution in [0.25, 0.3) is 21.8 Å². The van der Waals surface area contributed by atoms with E-state index in [4.69, 9.17) is 0 Å². The minimum Gasteiger partial charge on any atom is -0.481 e. The van der Waals surface area contributed by atoms with Crippen molar-refractivity contribution >= 4 is 45.5 Å². The van der Waals surface area contributed by atoms with E-state index in [9.17, 15) is 19.5 Å². The monoisotopic (exact) mass is 448 g/mol. The SMILES string of the molecule is Cc1nc2ccccc2c(=O)n1N1SC(C(C)C(=O)O)C(=O)C1c1c[nH]c2ccccc12. The lowest BCUT2D eigenvalue weighted by Gasteiger charge is -2.27. The molecule has 0 bridgehead atoms. The van der Waals surface area contributed by atoms with Gasteiger partial charge >= 0.3 is 5.97 Å². The van der Waals surface area contributed by atoms with E-state index in [1.807, 2.05) is 30.3 Å². The number of H-pyrrole nitrogens is 1. The number of aliphatic carboxylic acids is 1. The normalized spacial score (nSPS) is 19.7. The second kappa shape index (κ2) is 7.52. The number of fused-ring (bicyclic) bond motifs is 2. The first kappa shape index (κ1) is 20.3. The second-order valence-corrected chi connectivity index (χ2v) is 8.94. The molecular weight excluding hydrogens is 428 g/mol. The maximum Gasteiger partial charge on any atom is 0.307 e. The Morgan fingerprint density at radius 3 is 2.56 bits per heavy atom. The molecule has 5 rings (SSSR count). The number of hydrogen-bond acceptors (Lipinski definition) is 6. The van der Waals surface area contributed by atoms with Crippen LogP contribution < -0.4 is 9.97 Å². The Balaban J connectivity index is 1.74. The Labute approximate surface area is 187 Å². The second-order valence-electron chi connectivity index (χ2n) is 7.84. The van der Waals surface area contributed by atoms with Crippen LogP contribution in [0.2, 0.25) is 0 Å². The summed E-state index contributed by atoms with van der Waals surface area (Å²) in [5.41, 5.74) is 1.82. The molecule has 4 aromatic rings. The van der Waals surface area contributed by atoms with Gasteiger partial charge in [0.15, 0.2) is 5.78 Å². The van der Waals surface area contributed by atoms with Gasteiger partial charge in [-0.05, 0) is 37.1 Å². The van der Waals surface area contributed by atoms with Crippen molar-refractivity contribution in [1.82, 2.24) is 14.6 Å². The molecule has 0 saturated carbocycles. The molecule has 2 aromatic carbocycles. The highest BCUT2D eigenvalue weighted by molar-refractivity contribution is 8.02. The average Bonchev–Trinajstić information content (AvgIpc) is 3.34.